The number of amides is 1. The van der Waals surface area contributed by atoms with Crippen molar-refractivity contribution < 1.29 is 23.6 Å². The van der Waals surface area contributed by atoms with Crippen LogP contribution in [0.1, 0.15) is 27.9 Å². The highest BCUT2D eigenvalue weighted by Gasteiger charge is 2.26. The molecular weight excluding hydrogens is 267 g/mol. The Bertz CT molecular complexity index is 653. The number of carboxylic acid groups (broad SMARTS) is 1. The van der Waals surface area contributed by atoms with E-state index < -0.39 is 23.7 Å². The van der Waals surface area contributed by atoms with Gasteiger partial charge >= 0.3 is 5.97 Å². The minimum Gasteiger partial charge on any atom is -0.479 e. The second kappa shape index (κ2) is 5.52. The van der Waals surface area contributed by atoms with Gasteiger partial charge in [-0.2, -0.15) is 0 Å². The van der Waals surface area contributed by atoms with Gasteiger partial charge in [-0.3, -0.25) is 4.79 Å². The number of aryl methyl sites for hydroxylation is 1. The van der Waals surface area contributed by atoms with Gasteiger partial charge in [-0.15, -0.1) is 0 Å². The number of nitrogens with one attached hydrogen (secondary N) is 1. The summed E-state index contributed by atoms with van der Waals surface area (Å²) in [7, 11) is 0. The Kier molecular flexibility index (Phi) is 3.79. The van der Waals surface area contributed by atoms with E-state index in [1.807, 2.05) is 0 Å². The van der Waals surface area contributed by atoms with Crippen molar-refractivity contribution in [1.82, 2.24) is 10.5 Å². The van der Waals surface area contributed by atoms with Gasteiger partial charge in [0.15, 0.2) is 6.04 Å². The normalized spacial score (nSPS) is 11.9. The Balaban J connectivity index is 2.25. The summed E-state index contributed by atoms with van der Waals surface area (Å²) in [6, 6.07) is 5.18. The average molecular weight is 278 g/mol. The van der Waals surface area contributed by atoms with Crippen LogP contribution in [0.15, 0.2) is 34.9 Å². The van der Waals surface area contributed by atoms with Crippen molar-refractivity contribution in [3.63, 3.8) is 0 Å². The molecule has 2 rings (SSSR count). The molecule has 20 heavy (non-hydrogen) atoms. The van der Waals surface area contributed by atoms with Crippen LogP contribution in [0.4, 0.5) is 4.39 Å². The van der Waals surface area contributed by atoms with E-state index in [1.54, 1.807) is 6.92 Å². The Morgan fingerprint density at radius 1 is 1.40 bits per heavy atom. The van der Waals surface area contributed by atoms with Crippen molar-refractivity contribution in [2.45, 2.75) is 13.0 Å². The van der Waals surface area contributed by atoms with E-state index in [-0.39, 0.29) is 11.3 Å². The largest absolute Gasteiger partial charge is 0.479 e. The summed E-state index contributed by atoms with van der Waals surface area (Å²) in [5.74, 6) is -3.00. The maximum atomic E-state index is 13.6. The molecule has 1 heterocycles. The number of rotatable bonds is 4. The Morgan fingerprint density at radius 3 is 2.65 bits per heavy atom. The molecule has 0 fully saturated rings. The third kappa shape index (κ3) is 2.82. The molecule has 1 aromatic carbocycles. The van der Waals surface area contributed by atoms with Crippen LogP contribution in [0.25, 0.3) is 0 Å². The minimum absolute atomic E-state index is 0.134. The third-order valence-corrected chi connectivity index (χ3v) is 2.59. The fourth-order valence-corrected chi connectivity index (χ4v) is 1.65. The molecular formula is C13H11FN2O4. The van der Waals surface area contributed by atoms with E-state index in [1.165, 1.54) is 24.3 Å². The highest BCUT2D eigenvalue weighted by atomic mass is 19.1. The number of halogens is 1. The van der Waals surface area contributed by atoms with Crippen molar-refractivity contribution >= 4 is 11.9 Å². The van der Waals surface area contributed by atoms with E-state index in [2.05, 4.69) is 10.5 Å². The van der Waals surface area contributed by atoms with Gasteiger partial charge in [0.05, 0.1) is 5.69 Å². The number of aromatic nitrogens is 1. The standard InChI is InChI=1S/C13H11FN2O4/c1-7-6-10(20-16-7)12(17)15-11(13(18)19)8-4-2-3-5-9(8)14/h2-6,11H,1H3,(H,15,17)(H,18,19)/t11-/m1/s1. The second-order valence-electron chi connectivity index (χ2n) is 4.10. The highest BCUT2D eigenvalue weighted by molar-refractivity contribution is 5.94. The molecule has 0 spiro atoms. The van der Waals surface area contributed by atoms with Gasteiger partial charge in [-0.05, 0) is 13.0 Å². The smallest absolute Gasteiger partial charge is 0.331 e. The Hall–Kier alpha value is -2.70. The first-order chi connectivity index (χ1) is 9.49. The van der Waals surface area contributed by atoms with Crippen molar-refractivity contribution in [2.75, 3.05) is 0 Å². The molecule has 1 amide bonds. The van der Waals surface area contributed by atoms with E-state index in [9.17, 15) is 14.0 Å². The monoisotopic (exact) mass is 278 g/mol. The predicted octanol–water partition coefficient (Wildman–Crippen LogP) is 1.68. The topological polar surface area (TPSA) is 92.4 Å². The van der Waals surface area contributed by atoms with Crippen molar-refractivity contribution in [3.05, 3.63) is 53.2 Å². The van der Waals surface area contributed by atoms with Gasteiger partial charge in [-0.1, -0.05) is 23.4 Å². The van der Waals surface area contributed by atoms with Gasteiger partial charge in [0.25, 0.3) is 5.91 Å². The number of carbonyl (C=O) groups is 2. The number of carboxylic acids is 1. The number of hydrogen-bond acceptors (Lipinski definition) is 4. The molecule has 7 heteroatoms. The van der Waals surface area contributed by atoms with Crippen LogP contribution < -0.4 is 5.32 Å². The lowest BCUT2D eigenvalue weighted by Crippen LogP contribution is -2.34. The van der Waals surface area contributed by atoms with Gasteiger partial charge in [0.2, 0.25) is 5.76 Å². The zero-order chi connectivity index (χ0) is 14.7. The van der Waals surface area contributed by atoms with E-state index in [4.69, 9.17) is 9.63 Å². The first kappa shape index (κ1) is 13.7. The molecule has 0 aliphatic heterocycles. The van der Waals surface area contributed by atoms with Crippen LogP contribution in [0.5, 0.6) is 0 Å². The number of aliphatic carboxylic acids is 1. The van der Waals surface area contributed by atoms with Crippen LogP contribution in [-0.4, -0.2) is 22.1 Å². The second-order valence-corrected chi connectivity index (χ2v) is 4.10. The predicted molar refractivity (Wildman–Crippen MR) is 65.5 cm³/mol. The van der Waals surface area contributed by atoms with Crippen molar-refractivity contribution in [1.29, 1.82) is 0 Å². The SMILES string of the molecule is Cc1cc(C(=O)N[C@@H](C(=O)O)c2ccccc2F)on1. The van der Waals surface area contributed by atoms with Crippen LogP contribution in [0, 0.1) is 12.7 Å². The minimum atomic E-state index is -1.51. The average Bonchev–Trinajstić information content (AvgIpc) is 2.83. The number of nitrogens with zero attached hydrogens (tertiary/aromatic N) is 1. The number of benzene rings is 1. The Labute approximate surface area is 113 Å². The lowest BCUT2D eigenvalue weighted by atomic mass is 10.1. The summed E-state index contributed by atoms with van der Waals surface area (Å²) in [6.07, 6.45) is 0. The van der Waals surface area contributed by atoms with Crippen LogP contribution in [-0.2, 0) is 4.79 Å². The first-order valence-electron chi connectivity index (χ1n) is 5.70. The molecule has 104 valence electrons. The maximum Gasteiger partial charge on any atom is 0.331 e. The molecule has 0 bridgehead atoms. The lowest BCUT2D eigenvalue weighted by Gasteiger charge is -2.14. The summed E-state index contributed by atoms with van der Waals surface area (Å²) < 4.78 is 18.3. The van der Waals surface area contributed by atoms with Crippen LogP contribution in [0.3, 0.4) is 0 Å². The van der Waals surface area contributed by atoms with Gasteiger partial charge in [0.1, 0.15) is 5.82 Å². The summed E-state index contributed by atoms with van der Waals surface area (Å²) in [5.41, 5.74) is 0.345. The molecule has 0 aliphatic rings. The fourth-order valence-electron chi connectivity index (χ4n) is 1.65. The van der Waals surface area contributed by atoms with Crippen molar-refractivity contribution in [2.24, 2.45) is 0 Å². The quantitative estimate of drug-likeness (QED) is 0.887. The molecule has 0 saturated carbocycles. The van der Waals surface area contributed by atoms with E-state index >= 15 is 0 Å². The first-order valence-corrected chi connectivity index (χ1v) is 5.70. The number of carbonyl (C=O) groups excluding carboxylic acids is 1. The summed E-state index contributed by atoms with van der Waals surface area (Å²) in [4.78, 5) is 23.0. The van der Waals surface area contributed by atoms with Gasteiger partial charge in [-0.25, -0.2) is 9.18 Å². The molecule has 0 unspecified atom stereocenters. The van der Waals surface area contributed by atoms with Crippen LogP contribution in [0.2, 0.25) is 0 Å². The molecule has 6 nitrogen and oxygen atoms in total. The summed E-state index contributed by atoms with van der Waals surface area (Å²) in [6.45, 7) is 1.62. The summed E-state index contributed by atoms with van der Waals surface area (Å²) in [5, 5.41) is 14.8. The van der Waals surface area contributed by atoms with E-state index in [0.29, 0.717) is 5.69 Å². The molecule has 0 aliphatic carbocycles. The maximum absolute atomic E-state index is 13.6. The Morgan fingerprint density at radius 2 is 2.10 bits per heavy atom. The van der Waals surface area contributed by atoms with Crippen LogP contribution >= 0.6 is 0 Å². The van der Waals surface area contributed by atoms with Gasteiger partial charge < -0.3 is 14.9 Å². The van der Waals surface area contributed by atoms with E-state index in [0.717, 1.165) is 6.07 Å². The molecule has 1 aromatic heterocycles. The fraction of sp³-hybridized carbons (Fsp3) is 0.154. The lowest BCUT2D eigenvalue weighted by molar-refractivity contribution is -0.139. The molecule has 1 atom stereocenters. The van der Waals surface area contributed by atoms with Crippen molar-refractivity contribution in [3.8, 4) is 0 Å². The number of hydrogen-bond donors (Lipinski definition) is 2. The molecule has 0 radical (unpaired) electrons. The zero-order valence-electron chi connectivity index (χ0n) is 10.5. The molecule has 2 N–H and O–H groups in total. The third-order valence-electron chi connectivity index (χ3n) is 2.59. The molecule has 0 saturated heterocycles. The van der Waals surface area contributed by atoms with Gasteiger partial charge in [0, 0.05) is 11.6 Å². The zero-order valence-corrected chi connectivity index (χ0v) is 10.5. The molecule has 2 aromatic rings. The highest BCUT2D eigenvalue weighted by Crippen LogP contribution is 2.18. The summed E-state index contributed by atoms with van der Waals surface area (Å²) >= 11 is 0.